The van der Waals surface area contributed by atoms with E-state index >= 15 is 0 Å². The van der Waals surface area contributed by atoms with Crippen molar-refractivity contribution in [1.29, 1.82) is 0 Å². The molecular weight excluding hydrogens is 466 g/mol. The summed E-state index contributed by atoms with van der Waals surface area (Å²) in [5.41, 5.74) is 0.480. The van der Waals surface area contributed by atoms with Crippen molar-refractivity contribution in [2.45, 2.75) is 110 Å². The highest BCUT2D eigenvalue weighted by Crippen LogP contribution is 2.28. The number of nitrogens with zero attached hydrogens (tertiary/aromatic N) is 1. The lowest BCUT2D eigenvalue weighted by molar-refractivity contribution is -0.143. The molecule has 1 saturated carbocycles. The molecule has 204 valence electrons. The predicted octanol–water partition coefficient (Wildman–Crippen LogP) is 5.34. The molecule has 0 bridgehead atoms. The molecule has 0 radical (unpaired) electrons. The number of carbonyl (C=O) groups is 3. The van der Waals surface area contributed by atoms with Crippen LogP contribution in [0.1, 0.15) is 104 Å². The molecular formula is C30H45N3O4. The van der Waals surface area contributed by atoms with Crippen LogP contribution in [0.4, 0.5) is 4.79 Å². The third kappa shape index (κ3) is 9.42. The maximum absolute atomic E-state index is 14.1. The van der Waals surface area contributed by atoms with Gasteiger partial charge in [0.2, 0.25) is 11.8 Å². The Morgan fingerprint density at radius 2 is 1.78 bits per heavy atom. The fourth-order valence-corrected chi connectivity index (χ4v) is 4.79. The first-order valence-corrected chi connectivity index (χ1v) is 13.6. The van der Waals surface area contributed by atoms with Gasteiger partial charge in [-0.3, -0.25) is 9.59 Å². The number of hydrogen-bond acceptors (Lipinski definition) is 4. The van der Waals surface area contributed by atoms with Gasteiger partial charge in [-0.1, -0.05) is 64.2 Å². The molecule has 1 aromatic carbocycles. The van der Waals surface area contributed by atoms with Crippen LogP contribution < -0.4 is 10.6 Å². The number of amides is 3. The number of nitrogens with one attached hydrogen (secondary N) is 2. The van der Waals surface area contributed by atoms with Crippen LogP contribution in [0.2, 0.25) is 0 Å². The maximum atomic E-state index is 14.1. The maximum Gasteiger partial charge on any atom is 0.408 e. The third-order valence-corrected chi connectivity index (χ3v) is 6.37. The zero-order chi connectivity index (χ0) is 27.6. The molecule has 1 fully saturated rings. The molecule has 2 N–H and O–H groups in total. The van der Waals surface area contributed by atoms with Crippen LogP contribution >= 0.6 is 0 Å². The van der Waals surface area contributed by atoms with Crippen molar-refractivity contribution in [1.82, 2.24) is 15.5 Å². The Morgan fingerprint density at radius 1 is 1.14 bits per heavy atom. The fraction of sp³-hybridized carbons (Fsp3) is 0.633. The predicted molar refractivity (Wildman–Crippen MR) is 147 cm³/mol. The quantitative estimate of drug-likeness (QED) is 0.415. The Morgan fingerprint density at radius 3 is 2.35 bits per heavy atom. The average molecular weight is 512 g/mol. The van der Waals surface area contributed by atoms with Crippen molar-refractivity contribution in [2.24, 2.45) is 5.92 Å². The number of carbonyl (C=O) groups excluding carboxylic acids is 3. The minimum Gasteiger partial charge on any atom is -0.444 e. The van der Waals surface area contributed by atoms with Crippen LogP contribution in [-0.4, -0.2) is 47.0 Å². The highest BCUT2D eigenvalue weighted by atomic mass is 16.6. The second kappa shape index (κ2) is 14.1. The van der Waals surface area contributed by atoms with E-state index in [1.807, 2.05) is 39.0 Å². The molecule has 2 rings (SSSR count). The smallest absolute Gasteiger partial charge is 0.408 e. The lowest BCUT2D eigenvalue weighted by Gasteiger charge is -2.36. The van der Waals surface area contributed by atoms with Gasteiger partial charge in [-0.05, 0) is 64.0 Å². The molecule has 1 aromatic rings. The molecule has 7 nitrogen and oxygen atoms in total. The number of benzene rings is 1. The number of hydrogen-bond donors (Lipinski definition) is 2. The molecule has 2 atom stereocenters. The van der Waals surface area contributed by atoms with Crippen molar-refractivity contribution in [3.8, 4) is 12.3 Å². The summed E-state index contributed by atoms with van der Waals surface area (Å²) in [5.74, 6) is 2.25. The van der Waals surface area contributed by atoms with Crippen LogP contribution in [0.5, 0.6) is 0 Å². The van der Waals surface area contributed by atoms with Crippen molar-refractivity contribution in [3.63, 3.8) is 0 Å². The first kappa shape index (κ1) is 30.2. The topological polar surface area (TPSA) is 87.7 Å². The van der Waals surface area contributed by atoms with Crippen LogP contribution in [0.15, 0.2) is 24.3 Å². The van der Waals surface area contributed by atoms with Gasteiger partial charge in [0.1, 0.15) is 17.7 Å². The van der Waals surface area contributed by atoms with Crippen molar-refractivity contribution in [3.05, 3.63) is 35.4 Å². The summed E-state index contributed by atoms with van der Waals surface area (Å²) in [4.78, 5) is 42.2. The third-order valence-electron chi connectivity index (χ3n) is 6.37. The van der Waals surface area contributed by atoms with Gasteiger partial charge >= 0.3 is 6.09 Å². The first-order chi connectivity index (χ1) is 17.5. The molecule has 37 heavy (non-hydrogen) atoms. The highest BCUT2D eigenvalue weighted by molar-refractivity contribution is 5.92. The SMILES string of the molecule is C#Cc1ccccc1C(C(=O)NC1CCCCC1)N(CCC)C(=O)C(CC(C)C)NC(=O)OC(C)(C)C. The summed E-state index contributed by atoms with van der Waals surface area (Å²) in [5, 5.41) is 5.98. The lowest BCUT2D eigenvalue weighted by atomic mass is 9.93. The Bertz CT molecular complexity index is 954. The summed E-state index contributed by atoms with van der Waals surface area (Å²) in [6.07, 6.45) is 11.4. The standard InChI is InChI=1S/C30H45N3O4/c1-8-19-33(28(35)25(20-21(3)4)32-29(36)37-30(5,6)7)26(24-18-14-13-15-22(24)9-2)27(34)31-23-16-11-10-12-17-23/h2,13-15,18,21,23,25-26H,8,10-12,16-17,19-20H2,1,3-7H3,(H,31,34)(H,32,36). The lowest BCUT2D eigenvalue weighted by Crippen LogP contribution is -2.54. The van der Waals surface area contributed by atoms with Gasteiger partial charge in [-0.15, -0.1) is 6.42 Å². The summed E-state index contributed by atoms with van der Waals surface area (Å²) in [6.45, 7) is 11.6. The van der Waals surface area contributed by atoms with E-state index in [0.717, 1.165) is 25.7 Å². The Labute approximate surface area is 223 Å². The summed E-state index contributed by atoms with van der Waals surface area (Å²) >= 11 is 0. The molecule has 0 heterocycles. The normalized spacial score (nSPS) is 15.8. The summed E-state index contributed by atoms with van der Waals surface area (Å²) in [7, 11) is 0. The van der Waals surface area contributed by atoms with Crippen LogP contribution in [0.3, 0.4) is 0 Å². The molecule has 2 unspecified atom stereocenters. The second-order valence-corrected chi connectivity index (χ2v) is 11.3. The van der Waals surface area contributed by atoms with E-state index in [0.29, 0.717) is 30.5 Å². The fourth-order valence-electron chi connectivity index (χ4n) is 4.79. The first-order valence-electron chi connectivity index (χ1n) is 13.6. The molecule has 1 aliphatic carbocycles. The molecule has 7 heteroatoms. The number of alkyl carbamates (subject to hydrolysis) is 1. The second-order valence-electron chi connectivity index (χ2n) is 11.3. The largest absolute Gasteiger partial charge is 0.444 e. The zero-order valence-electron chi connectivity index (χ0n) is 23.4. The van der Waals surface area contributed by atoms with E-state index in [2.05, 4.69) is 16.6 Å². The Balaban J connectivity index is 2.48. The van der Waals surface area contributed by atoms with Crippen molar-refractivity contribution < 1.29 is 19.1 Å². The number of ether oxygens (including phenoxy) is 1. The van der Waals surface area contributed by atoms with E-state index < -0.39 is 23.8 Å². The Hall–Kier alpha value is -3.01. The Kier molecular flexibility index (Phi) is 11.5. The molecule has 0 aliphatic heterocycles. The van der Waals surface area contributed by atoms with Gasteiger partial charge in [0, 0.05) is 18.2 Å². The van der Waals surface area contributed by atoms with E-state index in [4.69, 9.17) is 11.2 Å². The van der Waals surface area contributed by atoms with Gasteiger partial charge in [-0.25, -0.2) is 4.79 Å². The zero-order valence-corrected chi connectivity index (χ0v) is 23.4. The van der Waals surface area contributed by atoms with Gasteiger partial charge in [-0.2, -0.15) is 0 Å². The number of rotatable bonds is 10. The van der Waals surface area contributed by atoms with Gasteiger partial charge in [0.05, 0.1) is 0 Å². The van der Waals surface area contributed by atoms with Gasteiger partial charge in [0.15, 0.2) is 0 Å². The molecule has 1 aliphatic rings. The molecule has 0 spiro atoms. The minimum atomic E-state index is -0.906. The minimum absolute atomic E-state index is 0.0756. The van der Waals surface area contributed by atoms with Gasteiger partial charge in [0.25, 0.3) is 0 Å². The highest BCUT2D eigenvalue weighted by Gasteiger charge is 2.37. The molecule has 0 saturated heterocycles. The van der Waals surface area contributed by atoms with Gasteiger partial charge < -0.3 is 20.3 Å². The van der Waals surface area contributed by atoms with Crippen LogP contribution in [0, 0.1) is 18.3 Å². The summed E-state index contributed by atoms with van der Waals surface area (Å²) < 4.78 is 5.44. The van der Waals surface area contributed by atoms with E-state index in [1.165, 1.54) is 6.42 Å². The molecule has 0 aromatic heterocycles. The van der Waals surface area contributed by atoms with E-state index in [1.54, 1.807) is 31.7 Å². The van der Waals surface area contributed by atoms with E-state index in [9.17, 15) is 14.4 Å². The summed E-state index contributed by atoms with van der Waals surface area (Å²) in [6, 6.07) is 5.58. The van der Waals surface area contributed by atoms with Crippen molar-refractivity contribution in [2.75, 3.05) is 6.54 Å². The number of terminal acetylenes is 1. The average Bonchev–Trinajstić information content (AvgIpc) is 2.82. The molecule has 3 amide bonds. The van der Waals surface area contributed by atoms with Crippen LogP contribution in [-0.2, 0) is 14.3 Å². The van der Waals surface area contributed by atoms with Crippen LogP contribution in [0.25, 0.3) is 0 Å². The monoisotopic (exact) mass is 511 g/mol. The van der Waals surface area contributed by atoms with Crippen molar-refractivity contribution >= 4 is 17.9 Å². The van der Waals surface area contributed by atoms with E-state index in [-0.39, 0.29) is 23.8 Å².